The van der Waals surface area contributed by atoms with Gasteiger partial charge in [0.15, 0.2) is 0 Å². The van der Waals surface area contributed by atoms with E-state index in [0.717, 1.165) is 49.5 Å². The number of likely N-dealkylation sites (tertiary alicyclic amines) is 1. The maximum atomic E-state index is 12.6. The molecule has 0 aliphatic carbocycles. The van der Waals surface area contributed by atoms with Gasteiger partial charge in [0.1, 0.15) is 5.76 Å². The number of carbonyl (C=O) groups is 1. The number of hydrogen-bond acceptors (Lipinski definition) is 4. The van der Waals surface area contributed by atoms with Crippen molar-refractivity contribution < 1.29 is 9.32 Å². The number of aromatic nitrogens is 1. The lowest BCUT2D eigenvalue weighted by molar-refractivity contribution is 0.0705. The Morgan fingerprint density at radius 3 is 2.67 bits per heavy atom. The van der Waals surface area contributed by atoms with Crippen LogP contribution in [-0.2, 0) is 6.54 Å². The molecule has 3 rings (SSSR count). The van der Waals surface area contributed by atoms with Gasteiger partial charge in [0.2, 0.25) is 0 Å². The van der Waals surface area contributed by atoms with Crippen molar-refractivity contribution in [1.82, 2.24) is 15.4 Å². The maximum absolute atomic E-state index is 12.6. The van der Waals surface area contributed by atoms with Crippen LogP contribution in [0.4, 0.5) is 0 Å². The summed E-state index contributed by atoms with van der Waals surface area (Å²) in [6, 6.07) is 7.62. The Balaban J connectivity index is 1.53. The molecule has 1 saturated heterocycles. The maximum Gasteiger partial charge on any atom is 0.255 e. The van der Waals surface area contributed by atoms with Crippen LogP contribution >= 0.6 is 11.6 Å². The van der Waals surface area contributed by atoms with E-state index in [-0.39, 0.29) is 5.91 Å². The molecule has 1 aromatic carbocycles. The van der Waals surface area contributed by atoms with E-state index in [4.69, 9.17) is 16.1 Å². The van der Waals surface area contributed by atoms with E-state index in [0.29, 0.717) is 16.6 Å². The molecule has 6 heteroatoms. The van der Waals surface area contributed by atoms with Crippen molar-refractivity contribution in [3.63, 3.8) is 0 Å². The van der Waals surface area contributed by atoms with Crippen molar-refractivity contribution in [2.75, 3.05) is 13.1 Å². The quantitative estimate of drug-likeness (QED) is 0.921. The average Bonchev–Trinajstić information content (AvgIpc) is 2.91. The van der Waals surface area contributed by atoms with Crippen molar-refractivity contribution in [2.45, 2.75) is 39.3 Å². The number of amides is 1. The fourth-order valence-corrected chi connectivity index (χ4v) is 3.31. The van der Waals surface area contributed by atoms with Crippen LogP contribution in [0.15, 0.2) is 28.8 Å². The molecule has 2 heterocycles. The van der Waals surface area contributed by atoms with E-state index in [1.807, 2.05) is 30.9 Å². The van der Waals surface area contributed by atoms with Crippen molar-refractivity contribution in [1.29, 1.82) is 0 Å². The second-order valence-electron chi connectivity index (χ2n) is 6.23. The summed E-state index contributed by atoms with van der Waals surface area (Å²) in [5, 5.41) is 8.04. The highest BCUT2D eigenvalue weighted by Crippen LogP contribution is 2.20. The van der Waals surface area contributed by atoms with E-state index >= 15 is 0 Å². The lowest BCUT2D eigenvalue weighted by atomic mass is 10.0. The highest BCUT2D eigenvalue weighted by Gasteiger charge is 2.24. The highest BCUT2D eigenvalue weighted by atomic mass is 35.5. The molecule has 1 N–H and O–H groups in total. The summed E-state index contributed by atoms with van der Waals surface area (Å²) in [7, 11) is 0. The monoisotopic (exact) mass is 347 g/mol. The van der Waals surface area contributed by atoms with Crippen molar-refractivity contribution in [3.05, 3.63) is 51.9 Å². The van der Waals surface area contributed by atoms with E-state index in [1.54, 1.807) is 12.1 Å². The van der Waals surface area contributed by atoms with Crippen molar-refractivity contribution >= 4 is 17.5 Å². The molecule has 0 spiro atoms. The summed E-state index contributed by atoms with van der Waals surface area (Å²) < 4.78 is 5.19. The molecule has 24 heavy (non-hydrogen) atoms. The predicted octanol–water partition coefficient (Wildman–Crippen LogP) is 3.34. The normalized spacial score (nSPS) is 15.7. The molecule has 128 valence electrons. The predicted molar refractivity (Wildman–Crippen MR) is 93.2 cm³/mol. The second kappa shape index (κ2) is 7.36. The molecule has 0 bridgehead atoms. The van der Waals surface area contributed by atoms with Gasteiger partial charge in [-0.2, -0.15) is 0 Å². The zero-order valence-electron chi connectivity index (χ0n) is 14.0. The van der Waals surface area contributed by atoms with Crippen LogP contribution in [0.5, 0.6) is 0 Å². The van der Waals surface area contributed by atoms with Crippen LogP contribution in [0.3, 0.4) is 0 Å². The number of piperidine rings is 1. The Morgan fingerprint density at radius 1 is 1.33 bits per heavy atom. The third-order valence-corrected chi connectivity index (χ3v) is 4.96. The van der Waals surface area contributed by atoms with Gasteiger partial charge in [-0.05, 0) is 38.8 Å². The van der Waals surface area contributed by atoms with Gasteiger partial charge < -0.3 is 14.7 Å². The van der Waals surface area contributed by atoms with Crippen LogP contribution in [0.2, 0.25) is 5.02 Å². The minimum Gasteiger partial charge on any atom is -0.361 e. The van der Waals surface area contributed by atoms with Gasteiger partial charge in [-0.25, -0.2) is 0 Å². The Bertz CT molecular complexity index is 701. The minimum atomic E-state index is 0.0183. The molecule has 0 unspecified atom stereocenters. The fourth-order valence-electron chi connectivity index (χ4n) is 3.09. The van der Waals surface area contributed by atoms with Gasteiger partial charge in [0, 0.05) is 31.2 Å². The molecular formula is C18H22ClN3O2. The Hall–Kier alpha value is -1.85. The number of benzene rings is 1. The minimum absolute atomic E-state index is 0.0183. The summed E-state index contributed by atoms with van der Waals surface area (Å²) in [4.78, 5) is 14.4. The van der Waals surface area contributed by atoms with Crippen LogP contribution in [0.1, 0.15) is 40.2 Å². The van der Waals surface area contributed by atoms with Gasteiger partial charge in [-0.1, -0.05) is 28.9 Å². The van der Waals surface area contributed by atoms with Gasteiger partial charge in [-0.15, -0.1) is 0 Å². The molecule has 0 saturated carbocycles. The SMILES string of the molecule is Cc1noc(C)c1CNC1CCN(C(=O)c2ccccc2Cl)CC1. The fraction of sp³-hybridized carbons (Fsp3) is 0.444. The molecule has 0 radical (unpaired) electrons. The van der Waals surface area contributed by atoms with E-state index in [1.165, 1.54) is 0 Å². The van der Waals surface area contributed by atoms with Crippen molar-refractivity contribution in [3.8, 4) is 0 Å². The zero-order valence-corrected chi connectivity index (χ0v) is 14.8. The first-order valence-corrected chi connectivity index (χ1v) is 8.63. The van der Waals surface area contributed by atoms with E-state index in [9.17, 15) is 4.79 Å². The number of carbonyl (C=O) groups excluding carboxylic acids is 1. The molecule has 1 aliphatic rings. The second-order valence-corrected chi connectivity index (χ2v) is 6.64. The topological polar surface area (TPSA) is 58.4 Å². The molecule has 1 aromatic heterocycles. The Morgan fingerprint density at radius 2 is 2.04 bits per heavy atom. The molecule has 1 amide bonds. The lowest BCUT2D eigenvalue weighted by Crippen LogP contribution is -2.44. The molecule has 5 nitrogen and oxygen atoms in total. The van der Waals surface area contributed by atoms with E-state index < -0.39 is 0 Å². The number of aryl methyl sites for hydroxylation is 2. The van der Waals surface area contributed by atoms with Gasteiger partial charge in [-0.3, -0.25) is 4.79 Å². The largest absolute Gasteiger partial charge is 0.361 e. The van der Waals surface area contributed by atoms with E-state index in [2.05, 4.69) is 10.5 Å². The van der Waals surface area contributed by atoms with Crippen LogP contribution < -0.4 is 5.32 Å². The number of rotatable bonds is 4. The standard InChI is InChI=1S/C18H22ClN3O2/c1-12-16(13(2)24-21-12)11-20-14-7-9-22(10-8-14)18(23)15-5-3-4-6-17(15)19/h3-6,14,20H,7-11H2,1-2H3. The van der Waals surface area contributed by atoms with Crippen LogP contribution in [0, 0.1) is 13.8 Å². The Labute approximate surface area is 147 Å². The zero-order chi connectivity index (χ0) is 17.1. The Kier molecular flexibility index (Phi) is 5.21. The summed E-state index contributed by atoms with van der Waals surface area (Å²) in [6.45, 7) is 6.12. The summed E-state index contributed by atoms with van der Waals surface area (Å²) in [5.74, 6) is 0.885. The average molecular weight is 348 g/mol. The van der Waals surface area contributed by atoms with Gasteiger partial charge in [0.05, 0.1) is 16.3 Å². The molecule has 1 aliphatic heterocycles. The first kappa shape index (κ1) is 17.0. The third-order valence-electron chi connectivity index (χ3n) is 4.64. The smallest absolute Gasteiger partial charge is 0.255 e. The molecule has 2 aromatic rings. The van der Waals surface area contributed by atoms with Crippen molar-refractivity contribution in [2.24, 2.45) is 0 Å². The third kappa shape index (κ3) is 3.62. The van der Waals surface area contributed by atoms with Crippen LogP contribution in [0.25, 0.3) is 0 Å². The van der Waals surface area contributed by atoms with Gasteiger partial charge in [0.25, 0.3) is 5.91 Å². The molecule has 0 atom stereocenters. The number of nitrogens with one attached hydrogen (secondary N) is 1. The molecular weight excluding hydrogens is 326 g/mol. The summed E-state index contributed by atoms with van der Waals surface area (Å²) >= 11 is 6.13. The number of nitrogens with zero attached hydrogens (tertiary/aromatic N) is 2. The van der Waals surface area contributed by atoms with Gasteiger partial charge >= 0.3 is 0 Å². The lowest BCUT2D eigenvalue weighted by Gasteiger charge is -2.32. The van der Waals surface area contributed by atoms with Crippen LogP contribution in [-0.4, -0.2) is 35.1 Å². The number of hydrogen-bond donors (Lipinski definition) is 1. The first-order valence-electron chi connectivity index (χ1n) is 8.25. The summed E-state index contributed by atoms with van der Waals surface area (Å²) in [6.07, 6.45) is 1.86. The molecule has 1 fully saturated rings. The summed E-state index contributed by atoms with van der Waals surface area (Å²) in [5.41, 5.74) is 2.65. The first-order chi connectivity index (χ1) is 11.6. The highest BCUT2D eigenvalue weighted by molar-refractivity contribution is 6.33. The number of halogens is 1.